The maximum atomic E-state index is 13.9. The van der Waals surface area contributed by atoms with Crippen LogP contribution in [0.3, 0.4) is 0 Å². The highest BCUT2D eigenvalue weighted by Gasteiger charge is 2.13. The molecular formula is C13H20ClF2N5. The van der Waals surface area contributed by atoms with E-state index in [0.717, 1.165) is 5.69 Å². The topological polar surface area (TPSA) is 47.7 Å². The van der Waals surface area contributed by atoms with Gasteiger partial charge >= 0.3 is 0 Å². The summed E-state index contributed by atoms with van der Waals surface area (Å²) < 4.78 is 29.0. The van der Waals surface area contributed by atoms with E-state index in [-0.39, 0.29) is 24.9 Å². The minimum Gasteiger partial charge on any atom is -0.307 e. The molecule has 0 unspecified atom stereocenters. The van der Waals surface area contributed by atoms with E-state index in [0.29, 0.717) is 30.9 Å². The van der Waals surface area contributed by atoms with Crippen LogP contribution in [0.15, 0.2) is 12.3 Å². The SMILES string of the molecule is CCn1nc(C)c(CNCc2ccn(CCF)n2)c1F.Cl. The van der Waals surface area contributed by atoms with Gasteiger partial charge in [-0.1, -0.05) is 0 Å². The van der Waals surface area contributed by atoms with Crippen LogP contribution in [0.1, 0.15) is 23.9 Å². The average Bonchev–Trinajstić information content (AvgIpc) is 2.98. The van der Waals surface area contributed by atoms with Crippen molar-refractivity contribution in [3.63, 3.8) is 0 Å². The van der Waals surface area contributed by atoms with Gasteiger partial charge in [-0.2, -0.15) is 14.6 Å². The van der Waals surface area contributed by atoms with Gasteiger partial charge in [0, 0.05) is 31.4 Å². The summed E-state index contributed by atoms with van der Waals surface area (Å²) in [5, 5.41) is 11.4. The molecule has 0 aliphatic carbocycles. The molecule has 2 heterocycles. The Morgan fingerprint density at radius 3 is 2.67 bits per heavy atom. The molecule has 0 bridgehead atoms. The molecule has 118 valence electrons. The molecule has 2 rings (SSSR count). The summed E-state index contributed by atoms with van der Waals surface area (Å²) in [5.41, 5.74) is 2.08. The third-order valence-corrected chi connectivity index (χ3v) is 3.10. The predicted octanol–water partition coefficient (Wildman–Crippen LogP) is 2.23. The van der Waals surface area contributed by atoms with Gasteiger partial charge in [0.1, 0.15) is 6.67 Å². The molecule has 0 aliphatic rings. The van der Waals surface area contributed by atoms with Crippen LogP contribution in [0.25, 0.3) is 0 Å². The molecule has 0 saturated heterocycles. The average molecular weight is 320 g/mol. The standard InChI is InChI=1S/C13H19F2N5.ClH/c1-3-20-13(15)12(10(2)17-20)9-16-8-11-4-6-19(18-11)7-5-14;/h4,6,16H,3,5,7-9H2,1-2H3;1H. The van der Waals surface area contributed by atoms with Crippen molar-refractivity contribution in [2.75, 3.05) is 6.67 Å². The lowest BCUT2D eigenvalue weighted by molar-refractivity contribution is 0.425. The second-order valence-corrected chi connectivity index (χ2v) is 4.53. The van der Waals surface area contributed by atoms with Gasteiger partial charge < -0.3 is 5.32 Å². The molecule has 0 amide bonds. The van der Waals surface area contributed by atoms with Crippen molar-refractivity contribution in [2.24, 2.45) is 0 Å². The lowest BCUT2D eigenvalue weighted by Gasteiger charge is -2.02. The van der Waals surface area contributed by atoms with E-state index in [1.165, 1.54) is 4.68 Å². The number of aromatic nitrogens is 4. The number of nitrogens with zero attached hydrogens (tertiary/aromatic N) is 4. The summed E-state index contributed by atoms with van der Waals surface area (Å²) in [5.74, 6) is -0.291. The Labute approximate surface area is 128 Å². The molecule has 5 nitrogen and oxygen atoms in total. The van der Waals surface area contributed by atoms with E-state index in [2.05, 4.69) is 15.5 Å². The summed E-state index contributed by atoms with van der Waals surface area (Å²) in [4.78, 5) is 0. The molecule has 0 saturated carbocycles. The second-order valence-electron chi connectivity index (χ2n) is 4.53. The summed E-state index contributed by atoms with van der Waals surface area (Å²) in [6.07, 6.45) is 1.73. The van der Waals surface area contributed by atoms with Gasteiger partial charge in [-0.3, -0.25) is 4.68 Å². The highest BCUT2D eigenvalue weighted by atomic mass is 35.5. The zero-order chi connectivity index (χ0) is 14.5. The quantitative estimate of drug-likeness (QED) is 0.851. The van der Waals surface area contributed by atoms with Crippen molar-refractivity contribution in [1.82, 2.24) is 24.9 Å². The molecule has 21 heavy (non-hydrogen) atoms. The van der Waals surface area contributed by atoms with Crippen LogP contribution in [-0.4, -0.2) is 26.2 Å². The number of hydrogen-bond acceptors (Lipinski definition) is 3. The van der Waals surface area contributed by atoms with Gasteiger partial charge in [0.15, 0.2) is 0 Å². The van der Waals surface area contributed by atoms with E-state index in [9.17, 15) is 8.78 Å². The third kappa shape index (κ3) is 4.25. The van der Waals surface area contributed by atoms with Crippen molar-refractivity contribution >= 4 is 12.4 Å². The van der Waals surface area contributed by atoms with Gasteiger partial charge in [0.25, 0.3) is 0 Å². The molecule has 0 spiro atoms. The van der Waals surface area contributed by atoms with Crippen LogP contribution in [0.5, 0.6) is 0 Å². The molecule has 8 heteroatoms. The second kappa shape index (κ2) is 8.09. The normalized spacial score (nSPS) is 10.7. The predicted molar refractivity (Wildman–Crippen MR) is 78.6 cm³/mol. The van der Waals surface area contributed by atoms with Crippen LogP contribution in [0, 0.1) is 12.9 Å². The maximum Gasteiger partial charge on any atom is 0.216 e. The van der Waals surface area contributed by atoms with Gasteiger partial charge in [0.05, 0.1) is 17.9 Å². The van der Waals surface area contributed by atoms with Crippen LogP contribution in [0.4, 0.5) is 8.78 Å². The number of alkyl halides is 1. The number of hydrogen-bond donors (Lipinski definition) is 1. The number of halogens is 3. The largest absolute Gasteiger partial charge is 0.307 e. The Bertz CT molecular complexity index is 567. The molecule has 0 fully saturated rings. The minimum atomic E-state index is -0.435. The van der Waals surface area contributed by atoms with Crippen molar-refractivity contribution in [3.05, 3.63) is 35.2 Å². The summed E-state index contributed by atoms with van der Waals surface area (Å²) >= 11 is 0. The minimum absolute atomic E-state index is 0. The molecular weight excluding hydrogens is 300 g/mol. The molecule has 2 aromatic heterocycles. The Morgan fingerprint density at radius 2 is 2.05 bits per heavy atom. The Morgan fingerprint density at radius 1 is 1.29 bits per heavy atom. The van der Waals surface area contributed by atoms with Crippen molar-refractivity contribution in [2.45, 2.75) is 40.0 Å². The first kappa shape index (κ1) is 17.6. The van der Waals surface area contributed by atoms with Gasteiger partial charge in [0.2, 0.25) is 5.95 Å². The fourth-order valence-electron chi connectivity index (χ4n) is 2.03. The maximum absolute atomic E-state index is 13.9. The fourth-order valence-corrected chi connectivity index (χ4v) is 2.03. The fraction of sp³-hybridized carbons (Fsp3) is 0.538. The van der Waals surface area contributed by atoms with E-state index >= 15 is 0 Å². The van der Waals surface area contributed by atoms with Gasteiger partial charge in [-0.05, 0) is 19.9 Å². The zero-order valence-electron chi connectivity index (χ0n) is 12.1. The van der Waals surface area contributed by atoms with E-state index in [1.54, 1.807) is 17.8 Å². The van der Waals surface area contributed by atoms with Crippen molar-refractivity contribution < 1.29 is 8.78 Å². The van der Waals surface area contributed by atoms with E-state index in [1.807, 2.05) is 13.0 Å². The summed E-state index contributed by atoms with van der Waals surface area (Å²) in [6, 6.07) is 1.82. The lowest BCUT2D eigenvalue weighted by Crippen LogP contribution is -2.15. The summed E-state index contributed by atoms with van der Waals surface area (Å²) in [7, 11) is 0. The first-order valence-corrected chi connectivity index (χ1v) is 6.66. The summed E-state index contributed by atoms with van der Waals surface area (Å²) in [6.45, 7) is 4.89. The van der Waals surface area contributed by atoms with E-state index < -0.39 is 6.67 Å². The zero-order valence-corrected chi connectivity index (χ0v) is 13.0. The molecule has 0 atom stereocenters. The Balaban J connectivity index is 0.00000220. The third-order valence-electron chi connectivity index (χ3n) is 3.10. The highest BCUT2D eigenvalue weighted by Crippen LogP contribution is 2.12. The Kier molecular flexibility index (Phi) is 6.77. The van der Waals surface area contributed by atoms with Crippen LogP contribution >= 0.6 is 12.4 Å². The van der Waals surface area contributed by atoms with Crippen LogP contribution < -0.4 is 5.32 Å². The number of rotatable bonds is 7. The lowest BCUT2D eigenvalue weighted by atomic mass is 10.2. The van der Waals surface area contributed by atoms with Crippen molar-refractivity contribution in [1.29, 1.82) is 0 Å². The molecule has 0 aliphatic heterocycles. The first-order chi connectivity index (χ1) is 9.65. The molecule has 1 N–H and O–H groups in total. The highest BCUT2D eigenvalue weighted by molar-refractivity contribution is 5.85. The monoisotopic (exact) mass is 319 g/mol. The molecule has 2 aromatic rings. The van der Waals surface area contributed by atoms with Crippen LogP contribution in [-0.2, 0) is 26.2 Å². The smallest absolute Gasteiger partial charge is 0.216 e. The van der Waals surface area contributed by atoms with Crippen molar-refractivity contribution in [3.8, 4) is 0 Å². The molecule has 0 aromatic carbocycles. The number of aryl methyl sites for hydroxylation is 3. The van der Waals surface area contributed by atoms with E-state index in [4.69, 9.17) is 0 Å². The molecule has 0 radical (unpaired) electrons. The van der Waals surface area contributed by atoms with Gasteiger partial charge in [-0.25, -0.2) is 9.07 Å². The first-order valence-electron chi connectivity index (χ1n) is 6.66. The van der Waals surface area contributed by atoms with Crippen LogP contribution in [0.2, 0.25) is 0 Å². The number of nitrogens with one attached hydrogen (secondary N) is 1. The Hall–Kier alpha value is -1.47. The van der Waals surface area contributed by atoms with Gasteiger partial charge in [-0.15, -0.1) is 12.4 Å².